The van der Waals surface area contributed by atoms with Crippen molar-refractivity contribution in [3.05, 3.63) is 35.4 Å². The number of rotatable bonds is 7. The number of hydrogen-bond donors (Lipinski definition) is 2. The van der Waals surface area contributed by atoms with Crippen molar-refractivity contribution in [1.29, 1.82) is 0 Å². The third-order valence-corrected chi connectivity index (χ3v) is 4.72. The standard InChI is InChI=1S/C19H31N3O2/c1-3-10-22(13-14-23)19(24)20-18-8-11-21(12-9-18)15-17-7-5-4-6-16(17)2/h4-7,18,23H,3,8-15H2,1-2H3,(H,20,24). The van der Waals surface area contributed by atoms with E-state index >= 15 is 0 Å². The number of benzene rings is 1. The number of nitrogens with one attached hydrogen (secondary N) is 1. The van der Waals surface area contributed by atoms with E-state index in [1.165, 1.54) is 11.1 Å². The highest BCUT2D eigenvalue weighted by atomic mass is 16.3. The molecule has 0 aliphatic carbocycles. The first-order valence-corrected chi connectivity index (χ1v) is 9.07. The Labute approximate surface area is 145 Å². The van der Waals surface area contributed by atoms with Crippen molar-refractivity contribution >= 4 is 6.03 Å². The molecule has 1 aromatic rings. The summed E-state index contributed by atoms with van der Waals surface area (Å²) in [7, 11) is 0. The van der Waals surface area contributed by atoms with Crippen LogP contribution in [0.4, 0.5) is 4.79 Å². The van der Waals surface area contributed by atoms with Gasteiger partial charge in [0, 0.05) is 38.8 Å². The summed E-state index contributed by atoms with van der Waals surface area (Å²) in [6.45, 7) is 8.32. The molecule has 2 rings (SSSR count). The summed E-state index contributed by atoms with van der Waals surface area (Å²) in [5.74, 6) is 0. The van der Waals surface area contributed by atoms with Gasteiger partial charge in [0.1, 0.15) is 0 Å². The van der Waals surface area contributed by atoms with Crippen molar-refractivity contribution < 1.29 is 9.90 Å². The molecule has 0 saturated carbocycles. The van der Waals surface area contributed by atoms with Gasteiger partial charge in [-0.05, 0) is 37.3 Å². The number of carbonyl (C=O) groups is 1. The van der Waals surface area contributed by atoms with E-state index in [1.807, 2.05) is 6.92 Å². The molecule has 2 N–H and O–H groups in total. The zero-order valence-corrected chi connectivity index (χ0v) is 15.0. The minimum absolute atomic E-state index is 0.0162. The largest absolute Gasteiger partial charge is 0.395 e. The first-order chi connectivity index (χ1) is 11.6. The van der Waals surface area contributed by atoms with Crippen molar-refractivity contribution in [2.45, 2.75) is 45.7 Å². The normalized spacial score (nSPS) is 16.1. The quantitative estimate of drug-likeness (QED) is 0.805. The molecule has 0 atom stereocenters. The molecular weight excluding hydrogens is 302 g/mol. The lowest BCUT2D eigenvalue weighted by Gasteiger charge is -2.34. The van der Waals surface area contributed by atoms with Crippen molar-refractivity contribution in [3.8, 4) is 0 Å². The fourth-order valence-corrected chi connectivity index (χ4v) is 3.24. The van der Waals surface area contributed by atoms with Crippen LogP contribution >= 0.6 is 0 Å². The molecule has 0 radical (unpaired) electrons. The monoisotopic (exact) mass is 333 g/mol. The Kier molecular flexibility index (Phi) is 7.53. The van der Waals surface area contributed by atoms with Gasteiger partial charge in [-0.1, -0.05) is 31.2 Å². The second-order valence-electron chi connectivity index (χ2n) is 6.64. The third kappa shape index (κ3) is 5.49. The second-order valence-corrected chi connectivity index (χ2v) is 6.64. The summed E-state index contributed by atoms with van der Waals surface area (Å²) in [5.41, 5.74) is 2.73. The molecule has 2 amide bonds. The van der Waals surface area contributed by atoms with E-state index in [2.05, 4.69) is 41.4 Å². The van der Waals surface area contributed by atoms with Crippen molar-refractivity contribution in [3.63, 3.8) is 0 Å². The molecular formula is C19H31N3O2. The maximum Gasteiger partial charge on any atom is 0.317 e. The number of aliphatic hydroxyl groups is 1. The Balaban J connectivity index is 1.78. The van der Waals surface area contributed by atoms with Crippen LogP contribution in [0.15, 0.2) is 24.3 Å². The smallest absolute Gasteiger partial charge is 0.317 e. The van der Waals surface area contributed by atoms with Gasteiger partial charge in [-0.15, -0.1) is 0 Å². The number of hydrogen-bond acceptors (Lipinski definition) is 3. The van der Waals surface area contributed by atoms with Crippen molar-refractivity contribution in [2.24, 2.45) is 0 Å². The number of amides is 2. The van der Waals surface area contributed by atoms with E-state index in [0.29, 0.717) is 13.1 Å². The molecule has 0 unspecified atom stereocenters. The van der Waals surface area contributed by atoms with Crippen LogP contribution in [0, 0.1) is 6.92 Å². The lowest BCUT2D eigenvalue weighted by atomic mass is 10.0. The third-order valence-electron chi connectivity index (χ3n) is 4.72. The Bertz CT molecular complexity index is 507. The maximum absolute atomic E-state index is 12.3. The van der Waals surface area contributed by atoms with Gasteiger partial charge in [0.25, 0.3) is 0 Å². The number of urea groups is 1. The second kappa shape index (κ2) is 9.64. The van der Waals surface area contributed by atoms with E-state index in [-0.39, 0.29) is 18.7 Å². The highest BCUT2D eigenvalue weighted by molar-refractivity contribution is 5.74. The molecule has 5 heteroatoms. The molecule has 1 heterocycles. The Hall–Kier alpha value is -1.59. The van der Waals surface area contributed by atoms with Gasteiger partial charge in [-0.3, -0.25) is 4.90 Å². The Morgan fingerprint density at radius 2 is 2.00 bits per heavy atom. The van der Waals surface area contributed by atoms with Crippen LogP contribution in [0.2, 0.25) is 0 Å². The van der Waals surface area contributed by atoms with E-state index in [9.17, 15) is 4.79 Å². The van der Waals surface area contributed by atoms with Gasteiger partial charge in [0.2, 0.25) is 0 Å². The van der Waals surface area contributed by atoms with Crippen LogP contribution in [-0.2, 0) is 6.54 Å². The molecule has 0 bridgehead atoms. The lowest BCUT2D eigenvalue weighted by molar-refractivity contribution is 0.158. The minimum Gasteiger partial charge on any atom is -0.395 e. The highest BCUT2D eigenvalue weighted by Crippen LogP contribution is 2.16. The van der Waals surface area contributed by atoms with Gasteiger partial charge in [0.05, 0.1) is 6.61 Å². The summed E-state index contributed by atoms with van der Waals surface area (Å²) in [4.78, 5) is 16.5. The van der Waals surface area contributed by atoms with Crippen molar-refractivity contribution in [1.82, 2.24) is 15.1 Å². The zero-order valence-electron chi connectivity index (χ0n) is 15.0. The predicted molar refractivity (Wildman–Crippen MR) is 97.0 cm³/mol. The van der Waals surface area contributed by atoms with E-state index in [0.717, 1.165) is 38.9 Å². The molecule has 1 aliphatic heterocycles. The number of aryl methyl sites for hydroxylation is 1. The number of carbonyl (C=O) groups excluding carboxylic acids is 1. The predicted octanol–water partition coefficient (Wildman–Crippen LogP) is 2.37. The molecule has 134 valence electrons. The molecule has 1 saturated heterocycles. The first-order valence-electron chi connectivity index (χ1n) is 9.07. The summed E-state index contributed by atoms with van der Waals surface area (Å²) in [6.07, 6.45) is 2.87. The molecule has 0 spiro atoms. The van der Waals surface area contributed by atoms with Gasteiger partial charge >= 0.3 is 6.03 Å². The van der Waals surface area contributed by atoms with Crippen LogP contribution in [0.3, 0.4) is 0 Å². The molecule has 1 fully saturated rings. The van der Waals surface area contributed by atoms with E-state index in [1.54, 1.807) is 4.90 Å². The maximum atomic E-state index is 12.3. The average molecular weight is 333 g/mol. The average Bonchev–Trinajstić information content (AvgIpc) is 2.58. The topological polar surface area (TPSA) is 55.8 Å². The van der Waals surface area contributed by atoms with E-state index < -0.39 is 0 Å². The van der Waals surface area contributed by atoms with Gasteiger partial charge in [0.15, 0.2) is 0 Å². The Morgan fingerprint density at radius 1 is 1.29 bits per heavy atom. The molecule has 0 aromatic heterocycles. The minimum atomic E-state index is -0.0387. The Morgan fingerprint density at radius 3 is 2.62 bits per heavy atom. The van der Waals surface area contributed by atoms with Crippen LogP contribution in [-0.4, -0.2) is 59.8 Å². The summed E-state index contributed by atoms with van der Waals surface area (Å²) < 4.78 is 0. The number of piperidine rings is 1. The van der Waals surface area contributed by atoms with Crippen LogP contribution < -0.4 is 5.32 Å². The van der Waals surface area contributed by atoms with Crippen LogP contribution in [0.25, 0.3) is 0 Å². The highest BCUT2D eigenvalue weighted by Gasteiger charge is 2.22. The zero-order chi connectivity index (χ0) is 17.4. The number of likely N-dealkylation sites (tertiary alicyclic amines) is 1. The van der Waals surface area contributed by atoms with E-state index in [4.69, 9.17) is 5.11 Å². The van der Waals surface area contributed by atoms with Crippen LogP contribution in [0.1, 0.15) is 37.3 Å². The summed E-state index contributed by atoms with van der Waals surface area (Å²) >= 11 is 0. The molecule has 24 heavy (non-hydrogen) atoms. The summed E-state index contributed by atoms with van der Waals surface area (Å²) in [6, 6.07) is 8.73. The van der Waals surface area contributed by atoms with Crippen LogP contribution in [0.5, 0.6) is 0 Å². The molecule has 5 nitrogen and oxygen atoms in total. The number of nitrogens with zero attached hydrogens (tertiary/aromatic N) is 2. The van der Waals surface area contributed by atoms with Gasteiger partial charge in [-0.2, -0.15) is 0 Å². The number of aliphatic hydroxyl groups excluding tert-OH is 1. The lowest BCUT2D eigenvalue weighted by Crippen LogP contribution is -2.49. The van der Waals surface area contributed by atoms with Crippen molar-refractivity contribution in [2.75, 3.05) is 32.8 Å². The van der Waals surface area contributed by atoms with Gasteiger partial charge < -0.3 is 15.3 Å². The molecule has 1 aliphatic rings. The molecule has 1 aromatic carbocycles. The SMILES string of the molecule is CCCN(CCO)C(=O)NC1CCN(Cc2ccccc2C)CC1. The fraction of sp³-hybridized carbons (Fsp3) is 0.632. The summed E-state index contributed by atoms with van der Waals surface area (Å²) in [5, 5.41) is 12.2. The van der Waals surface area contributed by atoms with Gasteiger partial charge in [-0.25, -0.2) is 4.79 Å². The fourth-order valence-electron chi connectivity index (χ4n) is 3.24. The first kappa shape index (κ1) is 18.7.